The predicted octanol–water partition coefficient (Wildman–Crippen LogP) is 2.19. The zero-order valence-corrected chi connectivity index (χ0v) is 17.5. The maximum absolute atomic E-state index is 12.9. The molecule has 1 aromatic heterocycles. The van der Waals surface area contributed by atoms with Gasteiger partial charge >= 0.3 is 0 Å². The highest BCUT2D eigenvalue weighted by molar-refractivity contribution is 7.13. The van der Waals surface area contributed by atoms with E-state index in [1.165, 1.54) is 11.3 Å². The van der Waals surface area contributed by atoms with E-state index in [0.29, 0.717) is 55.0 Å². The van der Waals surface area contributed by atoms with Crippen molar-refractivity contribution in [1.82, 2.24) is 20.1 Å². The van der Waals surface area contributed by atoms with E-state index in [4.69, 9.17) is 16.3 Å². The number of nitrogens with one attached hydrogen (secondary N) is 1. The summed E-state index contributed by atoms with van der Waals surface area (Å²) in [7, 11) is 1.63. The van der Waals surface area contributed by atoms with Gasteiger partial charge in [-0.05, 0) is 31.2 Å². The molecule has 0 atom stereocenters. The SMILES string of the molecule is CNC(=O)CN1CCN(C(=O)c2sc(COc3ccc(Cl)cc3)nc2C)CC1. The molecule has 28 heavy (non-hydrogen) atoms. The summed E-state index contributed by atoms with van der Waals surface area (Å²) in [6.07, 6.45) is 0. The third-order valence-electron chi connectivity index (χ3n) is 4.52. The number of likely N-dealkylation sites (N-methyl/N-ethyl adjacent to an activating group) is 1. The Morgan fingerprint density at radius 3 is 2.54 bits per heavy atom. The highest BCUT2D eigenvalue weighted by atomic mass is 35.5. The number of hydrogen-bond donors (Lipinski definition) is 1. The number of halogens is 1. The van der Waals surface area contributed by atoms with Crippen molar-refractivity contribution in [2.75, 3.05) is 39.8 Å². The quantitative estimate of drug-likeness (QED) is 0.772. The zero-order valence-electron chi connectivity index (χ0n) is 15.9. The predicted molar refractivity (Wildman–Crippen MR) is 109 cm³/mol. The fraction of sp³-hybridized carbons (Fsp3) is 0.421. The number of thiazole rings is 1. The molecular weight excluding hydrogens is 400 g/mol. The lowest BCUT2D eigenvalue weighted by molar-refractivity contribution is -0.122. The van der Waals surface area contributed by atoms with Crippen LogP contribution in [0.15, 0.2) is 24.3 Å². The lowest BCUT2D eigenvalue weighted by atomic mass is 10.2. The van der Waals surface area contributed by atoms with Crippen LogP contribution in [0.2, 0.25) is 5.02 Å². The Morgan fingerprint density at radius 2 is 1.89 bits per heavy atom. The van der Waals surface area contributed by atoms with Crippen molar-refractivity contribution in [2.24, 2.45) is 0 Å². The van der Waals surface area contributed by atoms with Gasteiger partial charge in [0.05, 0.1) is 12.2 Å². The van der Waals surface area contributed by atoms with E-state index < -0.39 is 0 Å². The van der Waals surface area contributed by atoms with E-state index >= 15 is 0 Å². The van der Waals surface area contributed by atoms with Crippen molar-refractivity contribution >= 4 is 34.8 Å². The van der Waals surface area contributed by atoms with Crippen LogP contribution in [0.25, 0.3) is 0 Å². The molecule has 0 saturated carbocycles. The van der Waals surface area contributed by atoms with Gasteiger partial charge < -0.3 is 15.0 Å². The fourth-order valence-corrected chi connectivity index (χ4v) is 3.99. The van der Waals surface area contributed by atoms with Crippen LogP contribution in [0.4, 0.5) is 0 Å². The molecular formula is C19H23ClN4O3S. The number of ether oxygens (including phenoxy) is 1. The molecule has 2 heterocycles. The smallest absolute Gasteiger partial charge is 0.265 e. The summed E-state index contributed by atoms with van der Waals surface area (Å²) < 4.78 is 5.72. The summed E-state index contributed by atoms with van der Waals surface area (Å²) in [5.41, 5.74) is 0.720. The maximum Gasteiger partial charge on any atom is 0.265 e. The monoisotopic (exact) mass is 422 g/mol. The number of benzene rings is 1. The topological polar surface area (TPSA) is 74.8 Å². The molecule has 150 valence electrons. The van der Waals surface area contributed by atoms with E-state index in [-0.39, 0.29) is 11.8 Å². The third kappa shape index (κ3) is 5.21. The molecule has 0 bridgehead atoms. The van der Waals surface area contributed by atoms with Crippen LogP contribution in [0, 0.1) is 6.92 Å². The Labute approximate surface area is 173 Å². The lowest BCUT2D eigenvalue weighted by Crippen LogP contribution is -2.50. The molecule has 0 aliphatic carbocycles. The van der Waals surface area contributed by atoms with Crippen LogP contribution in [0.1, 0.15) is 20.4 Å². The molecule has 1 aliphatic rings. The van der Waals surface area contributed by atoms with Gasteiger partial charge in [-0.3, -0.25) is 14.5 Å². The summed E-state index contributed by atoms with van der Waals surface area (Å²) in [5, 5.41) is 4.03. The Kier molecular flexibility index (Phi) is 6.88. The van der Waals surface area contributed by atoms with Gasteiger partial charge in [0.1, 0.15) is 22.2 Å². The number of aryl methyl sites for hydroxylation is 1. The molecule has 2 aromatic rings. The number of carbonyl (C=O) groups excluding carboxylic acids is 2. The standard InChI is InChI=1S/C19H23ClN4O3S/c1-13-18(19(26)24-9-7-23(8-10-24)11-16(25)21-2)28-17(22-13)12-27-15-5-3-14(20)4-6-15/h3-6H,7-12H2,1-2H3,(H,21,25). The van der Waals surface area contributed by atoms with Gasteiger partial charge in [0, 0.05) is 38.2 Å². The first kappa shape index (κ1) is 20.6. The van der Waals surface area contributed by atoms with Gasteiger partial charge in [0.2, 0.25) is 5.91 Å². The minimum absolute atomic E-state index is 0.00710. The number of rotatable bonds is 6. The Hall–Kier alpha value is -2.16. The molecule has 1 fully saturated rings. The molecule has 1 saturated heterocycles. The van der Waals surface area contributed by atoms with Crippen LogP contribution in [0.5, 0.6) is 5.75 Å². The molecule has 0 spiro atoms. The normalized spacial score (nSPS) is 14.8. The van der Waals surface area contributed by atoms with Gasteiger partial charge in [0.25, 0.3) is 5.91 Å². The molecule has 7 nitrogen and oxygen atoms in total. The largest absolute Gasteiger partial charge is 0.486 e. The Morgan fingerprint density at radius 1 is 1.21 bits per heavy atom. The molecule has 1 N–H and O–H groups in total. The number of amides is 2. The Balaban J connectivity index is 1.56. The number of piperazine rings is 1. The number of hydrogen-bond acceptors (Lipinski definition) is 6. The molecule has 0 radical (unpaired) electrons. The molecule has 1 aromatic carbocycles. The first-order valence-electron chi connectivity index (χ1n) is 9.03. The van der Waals surface area contributed by atoms with Gasteiger partial charge in [-0.25, -0.2) is 4.98 Å². The van der Waals surface area contributed by atoms with Crippen molar-refractivity contribution in [3.05, 3.63) is 44.9 Å². The first-order valence-corrected chi connectivity index (χ1v) is 10.2. The minimum atomic E-state index is -0.0107. The minimum Gasteiger partial charge on any atom is -0.486 e. The van der Waals surface area contributed by atoms with Crippen LogP contribution in [0.3, 0.4) is 0 Å². The highest BCUT2D eigenvalue weighted by Crippen LogP contribution is 2.23. The third-order valence-corrected chi connectivity index (χ3v) is 5.89. The zero-order chi connectivity index (χ0) is 20.1. The molecule has 3 rings (SSSR count). The van der Waals surface area contributed by atoms with Gasteiger partial charge in [-0.15, -0.1) is 11.3 Å². The molecule has 1 aliphatic heterocycles. The van der Waals surface area contributed by atoms with Gasteiger partial charge in [-0.2, -0.15) is 0 Å². The summed E-state index contributed by atoms with van der Waals surface area (Å²) in [5.74, 6) is 0.688. The molecule has 9 heteroatoms. The maximum atomic E-state index is 12.9. The summed E-state index contributed by atoms with van der Waals surface area (Å²) >= 11 is 7.24. The van der Waals surface area contributed by atoms with E-state index in [2.05, 4.69) is 10.3 Å². The molecule has 2 amide bonds. The second kappa shape index (κ2) is 9.36. The number of carbonyl (C=O) groups is 2. The van der Waals surface area contributed by atoms with Crippen LogP contribution >= 0.6 is 22.9 Å². The fourth-order valence-electron chi connectivity index (χ4n) is 2.92. The highest BCUT2D eigenvalue weighted by Gasteiger charge is 2.26. The first-order chi connectivity index (χ1) is 13.5. The van der Waals surface area contributed by atoms with Gasteiger partial charge in [0.15, 0.2) is 0 Å². The van der Waals surface area contributed by atoms with E-state index in [0.717, 1.165) is 10.7 Å². The van der Waals surface area contributed by atoms with Crippen LogP contribution < -0.4 is 10.1 Å². The summed E-state index contributed by atoms with van der Waals surface area (Å²) in [6, 6.07) is 7.13. The van der Waals surface area contributed by atoms with Crippen molar-refractivity contribution in [1.29, 1.82) is 0 Å². The second-order valence-electron chi connectivity index (χ2n) is 6.51. The van der Waals surface area contributed by atoms with E-state index in [9.17, 15) is 9.59 Å². The van der Waals surface area contributed by atoms with Crippen molar-refractivity contribution in [3.63, 3.8) is 0 Å². The van der Waals surface area contributed by atoms with Gasteiger partial charge in [-0.1, -0.05) is 11.6 Å². The average molecular weight is 423 g/mol. The van der Waals surface area contributed by atoms with Crippen molar-refractivity contribution < 1.29 is 14.3 Å². The Bertz CT molecular complexity index is 832. The van der Waals surface area contributed by atoms with E-state index in [1.54, 1.807) is 31.3 Å². The summed E-state index contributed by atoms with van der Waals surface area (Å²) in [6.45, 7) is 5.09. The number of aromatic nitrogens is 1. The number of nitrogens with zero attached hydrogens (tertiary/aromatic N) is 3. The van der Waals surface area contributed by atoms with E-state index in [1.807, 2.05) is 16.7 Å². The average Bonchev–Trinajstić information content (AvgIpc) is 3.08. The van der Waals surface area contributed by atoms with Crippen LogP contribution in [-0.4, -0.2) is 66.4 Å². The summed E-state index contributed by atoms with van der Waals surface area (Å²) in [4.78, 5) is 33.4. The van der Waals surface area contributed by atoms with Crippen molar-refractivity contribution in [3.8, 4) is 5.75 Å². The lowest BCUT2D eigenvalue weighted by Gasteiger charge is -2.34. The van der Waals surface area contributed by atoms with Crippen LogP contribution in [-0.2, 0) is 11.4 Å². The second-order valence-corrected chi connectivity index (χ2v) is 8.03. The molecule has 0 unspecified atom stereocenters. The van der Waals surface area contributed by atoms with Crippen molar-refractivity contribution in [2.45, 2.75) is 13.5 Å².